The van der Waals surface area contributed by atoms with E-state index in [4.69, 9.17) is 9.47 Å². The van der Waals surface area contributed by atoms with Crippen molar-refractivity contribution in [3.8, 4) is 11.5 Å². The minimum Gasteiger partial charge on any atom is -0.490 e. The molecule has 0 fully saturated rings. The van der Waals surface area contributed by atoms with Crippen LogP contribution in [-0.4, -0.2) is 40.2 Å². The molecule has 1 aliphatic rings. The van der Waals surface area contributed by atoms with Crippen molar-refractivity contribution in [1.29, 1.82) is 0 Å². The standard InChI is InChI=1S/C15H23NO4S/c1-12(16-7-3-10-21(2,17)18)13-5-6-14-15(11-13)20-9-4-8-19-14/h5-6,11-12,16H,3-4,7-10H2,1-2H3. The van der Waals surface area contributed by atoms with Crippen molar-refractivity contribution in [2.24, 2.45) is 0 Å². The van der Waals surface area contributed by atoms with Crippen LogP contribution in [0.5, 0.6) is 11.5 Å². The molecule has 1 N–H and O–H groups in total. The van der Waals surface area contributed by atoms with Gasteiger partial charge in [0.25, 0.3) is 0 Å². The largest absolute Gasteiger partial charge is 0.490 e. The number of nitrogens with one attached hydrogen (secondary N) is 1. The first-order valence-corrected chi connectivity index (χ1v) is 9.32. The fourth-order valence-electron chi connectivity index (χ4n) is 2.22. The van der Waals surface area contributed by atoms with Crippen LogP contribution in [-0.2, 0) is 9.84 Å². The van der Waals surface area contributed by atoms with Gasteiger partial charge in [0.2, 0.25) is 0 Å². The molecule has 0 bridgehead atoms. The smallest absolute Gasteiger partial charge is 0.161 e. The molecule has 0 aliphatic carbocycles. The summed E-state index contributed by atoms with van der Waals surface area (Å²) in [7, 11) is -2.88. The van der Waals surface area contributed by atoms with E-state index >= 15 is 0 Å². The molecule has 1 heterocycles. The van der Waals surface area contributed by atoms with Crippen LogP contribution in [0, 0.1) is 0 Å². The number of rotatable bonds is 6. The normalized spacial score (nSPS) is 16.3. The van der Waals surface area contributed by atoms with Gasteiger partial charge in [-0.25, -0.2) is 8.42 Å². The number of sulfone groups is 1. The van der Waals surface area contributed by atoms with Crippen LogP contribution in [0.25, 0.3) is 0 Å². The third kappa shape index (κ3) is 5.21. The lowest BCUT2D eigenvalue weighted by Gasteiger charge is -2.16. The van der Waals surface area contributed by atoms with Gasteiger partial charge in [-0.2, -0.15) is 0 Å². The second-order valence-corrected chi connectivity index (χ2v) is 7.68. The van der Waals surface area contributed by atoms with E-state index < -0.39 is 9.84 Å². The SMILES string of the molecule is CC(NCCCS(C)(=O)=O)c1ccc2c(c1)OCCCO2. The van der Waals surface area contributed by atoms with Crippen LogP contribution in [0.4, 0.5) is 0 Å². The molecule has 5 nitrogen and oxygen atoms in total. The predicted molar refractivity (Wildman–Crippen MR) is 82.8 cm³/mol. The van der Waals surface area contributed by atoms with E-state index in [-0.39, 0.29) is 11.8 Å². The summed E-state index contributed by atoms with van der Waals surface area (Å²) in [5.74, 6) is 1.80. The van der Waals surface area contributed by atoms with Crippen LogP contribution >= 0.6 is 0 Å². The van der Waals surface area contributed by atoms with Crippen LogP contribution < -0.4 is 14.8 Å². The Bertz CT molecular complexity index is 571. The molecular formula is C15H23NO4S. The fourth-order valence-corrected chi connectivity index (χ4v) is 2.89. The average molecular weight is 313 g/mol. The number of hydrogen-bond acceptors (Lipinski definition) is 5. The molecule has 0 radical (unpaired) electrons. The van der Waals surface area contributed by atoms with Crippen molar-refractivity contribution in [3.05, 3.63) is 23.8 Å². The summed E-state index contributed by atoms with van der Waals surface area (Å²) in [6, 6.07) is 6.09. The maximum absolute atomic E-state index is 11.1. The summed E-state index contributed by atoms with van der Waals surface area (Å²) in [4.78, 5) is 0. The monoisotopic (exact) mass is 313 g/mol. The highest BCUT2D eigenvalue weighted by molar-refractivity contribution is 7.90. The predicted octanol–water partition coefficient (Wildman–Crippen LogP) is 1.93. The highest BCUT2D eigenvalue weighted by Gasteiger charge is 2.13. The van der Waals surface area contributed by atoms with Crippen LogP contribution in [0.1, 0.15) is 31.4 Å². The van der Waals surface area contributed by atoms with Crippen molar-refractivity contribution < 1.29 is 17.9 Å². The lowest BCUT2D eigenvalue weighted by Crippen LogP contribution is -2.21. The third-order valence-corrected chi connectivity index (χ3v) is 4.44. The van der Waals surface area contributed by atoms with Crippen LogP contribution in [0.15, 0.2) is 18.2 Å². The van der Waals surface area contributed by atoms with E-state index in [0.717, 1.165) is 23.5 Å². The van der Waals surface area contributed by atoms with Gasteiger partial charge >= 0.3 is 0 Å². The summed E-state index contributed by atoms with van der Waals surface area (Å²) in [5.41, 5.74) is 1.11. The van der Waals surface area contributed by atoms with Crippen molar-refractivity contribution in [1.82, 2.24) is 5.32 Å². The molecule has 1 atom stereocenters. The van der Waals surface area contributed by atoms with E-state index in [0.29, 0.717) is 26.2 Å². The first kappa shape index (κ1) is 16.1. The zero-order valence-electron chi connectivity index (χ0n) is 12.6. The van der Waals surface area contributed by atoms with Gasteiger partial charge in [0, 0.05) is 18.7 Å². The molecule has 0 spiro atoms. The molecule has 6 heteroatoms. The fraction of sp³-hybridized carbons (Fsp3) is 0.600. The van der Waals surface area contributed by atoms with Gasteiger partial charge in [-0.15, -0.1) is 0 Å². The Kier molecular flexibility index (Phi) is 5.47. The summed E-state index contributed by atoms with van der Waals surface area (Å²) in [6.07, 6.45) is 2.78. The minimum atomic E-state index is -2.88. The summed E-state index contributed by atoms with van der Waals surface area (Å²) in [6.45, 7) is 4.08. The number of fused-ring (bicyclic) bond motifs is 1. The van der Waals surface area contributed by atoms with Gasteiger partial charge in [-0.1, -0.05) is 6.07 Å². The van der Waals surface area contributed by atoms with E-state index in [2.05, 4.69) is 12.2 Å². The van der Waals surface area contributed by atoms with Crippen LogP contribution in [0.2, 0.25) is 0 Å². The second kappa shape index (κ2) is 7.13. The molecule has 1 aromatic carbocycles. The number of benzene rings is 1. The van der Waals surface area contributed by atoms with E-state index in [1.165, 1.54) is 6.26 Å². The van der Waals surface area contributed by atoms with E-state index in [9.17, 15) is 8.42 Å². The Morgan fingerprint density at radius 3 is 2.67 bits per heavy atom. The maximum atomic E-state index is 11.1. The third-order valence-electron chi connectivity index (χ3n) is 3.41. The second-order valence-electron chi connectivity index (χ2n) is 5.42. The molecule has 21 heavy (non-hydrogen) atoms. The zero-order valence-corrected chi connectivity index (χ0v) is 13.4. The van der Waals surface area contributed by atoms with Crippen molar-refractivity contribution >= 4 is 9.84 Å². The molecular weight excluding hydrogens is 290 g/mol. The van der Waals surface area contributed by atoms with Crippen molar-refractivity contribution in [2.45, 2.75) is 25.8 Å². The molecule has 2 rings (SSSR count). The summed E-state index contributed by atoms with van der Waals surface area (Å²) >= 11 is 0. The zero-order chi connectivity index (χ0) is 15.3. The molecule has 1 aliphatic heterocycles. The van der Waals surface area contributed by atoms with E-state index in [1.54, 1.807) is 0 Å². The molecule has 1 aromatic rings. The Labute approximate surface area is 126 Å². The minimum absolute atomic E-state index is 0.140. The van der Waals surface area contributed by atoms with Crippen molar-refractivity contribution in [2.75, 3.05) is 31.8 Å². The molecule has 1 unspecified atom stereocenters. The molecule has 0 amide bonds. The maximum Gasteiger partial charge on any atom is 0.161 e. The lowest BCUT2D eigenvalue weighted by atomic mass is 10.1. The number of ether oxygens (including phenoxy) is 2. The molecule has 0 saturated heterocycles. The first-order chi connectivity index (χ1) is 9.96. The van der Waals surface area contributed by atoms with Gasteiger partial charge in [-0.3, -0.25) is 0 Å². The number of hydrogen-bond donors (Lipinski definition) is 1. The first-order valence-electron chi connectivity index (χ1n) is 7.26. The quantitative estimate of drug-likeness (QED) is 0.813. The Hall–Kier alpha value is -1.27. The highest BCUT2D eigenvalue weighted by Crippen LogP contribution is 2.32. The summed E-state index contributed by atoms with van der Waals surface area (Å²) < 4.78 is 33.4. The van der Waals surface area contributed by atoms with Gasteiger partial charge in [-0.05, 0) is 37.6 Å². The van der Waals surface area contributed by atoms with Crippen LogP contribution in [0.3, 0.4) is 0 Å². The van der Waals surface area contributed by atoms with Gasteiger partial charge in [0.15, 0.2) is 11.5 Å². The van der Waals surface area contributed by atoms with Gasteiger partial charge in [0.05, 0.1) is 19.0 Å². The highest BCUT2D eigenvalue weighted by atomic mass is 32.2. The van der Waals surface area contributed by atoms with Crippen molar-refractivity contribution in [3.63, 3.8) is 0 Å². The molecule has 0 saturated carbocycles. The Morgan fingerprint density at radius 1 is 1.24 bits per heavy atom. The topological polar surface area (TPSA) is 64.6 Å². The van der Waals surface area contributed by atoms with E-state index in [1.807, 2.05) is 18.2 Å². The Balaban J connectivity index is 1.90. The average Bonchev–Trinajstić information content (AvgIpc) is 2.66. The molecule has 0 aromatic heterocycles. The molecule has 118 valence electrons. The Morgan fingerprint density at radius 2 is 1.95 bits per heavy atom. The lowest BCUT2D eigenvalue weighted by molar-refractivity contribution is 0.297. The summed E-state index contributed by atoms with van der Waals surface area (Å²) in [5, 5.41) is 3.33. The van der Waals surface area contributed by atoms with Gasteiger partial charge < -0.3 is 14.8 Å². The van der Waals surface area contributed by atoms with Gasteiger partial charge in [0.1, 0.15) is 9.84 Å².